The van der Waals surface area contributed by atoms with Crippen molar-refractivity contribution in [3.8, 4) is 5.75 Å². The van der Waals surface area contributed by atoms with Gasteiger partial charge in [-0.05, 0) is 43.2 Å². The molecule has 0 unspecified atom stereocenters. The highest BCUT2D eigenvalue weighted by Crippen LogP contribution is 2.25. The maximum atomic E-state index is 12.4. The molecule has 0 bridgehead atoms. The fourth-order valence-corrected chi connectivity index (χ4v) is 2.49. The summed E-state index contributed by atoms with van der Waals surface area (Å²) in [5, 5.41) is 2.82. The smallest absolute Gasteiger partial charge is 0.244 e. The van der Waals surface area contributed by atoms with Gasteiger partial charge >= 0.3 is 0 Å². The summed E-state index contributed by atoms with van der Waals surface area (Å²) < 4.78 is 5.26. The van der Waals surface area contributed by atoms with E-state index in [1.165, 1.54) is 11.8 Å². The van der Waals surface area contributed by atoms with Crippen LogP contribution in [0.4, 0.5) is 11.4 Å². The molecule has 2 amide bonds. The van der Waals surface area contributed by atoms with Crippen molar-refractivity contribution in [3.05, 3.63) is 53.6 Å². The van der Waals surface area contributed by atoms with E-state index in [0.29, 0.717) is 11.4 Å². The van der Waals surface area contributed by atoms with Gasteiger partial charge in [0.1, 0.15) is 12.3 Å². The lowest BCUT2D eigenvalue weighted by molar-refractivity contribution is -0.120. The summed E-state index contributed by atoms with van der Waals surface area (Å²) in [7, 11) is 1.55. The van der Waals surface area contributed by atoms with Crippen LogP contribution in [0.2, 0.25) is 0 Å². The zero-order valence-corrected chi connectivity index (χ0v) is 14.4. The third-order valence-corrected chi connectivity index (χ3v) is 3.72. The molecule has 0 aromatic heterocycles. The van der Waals surface area contributed by atoms with Crippen LogP contribution in [0.1, 0.15) is 18.1 Å². The minimum Gasteiger partial charge on any atom is -0.495 e. The second-order valence-corrected chi connectivity index (χ2v) is 5.64. The summed E-state index contributed by atoms with van der Waals surface area (Å²) in [5.74, 6) is 0.118. The lowest BCUT2D eigenvalue weighted by atomic mass is 10.1. The number of anilines is 2. The standard InChI is InChI=1S/C19H22N2O3/c1-13-9-10-18(24-4)16(11-13)20-19(23)12-21(15(3)22)17-8-6-5-7-14(17)2/h5-11H,12H2,1-4H3,(H,20,23). The average Bonchev–Trinajstić information content (AvgIpc) is 2.53. The number of para-hydroxylation sites is 1. The van der Waals surface area contributed by atoms with E-state index < -0.39 is 0 Å². The van der Waals surface area contributed by atoms with Gasteiger partial charge in [-0.2, -0.15) is 0 Å². The number of methoxy groups -OCH3 is 1. The van der Waals surface area contributed by atoms with E-state index in [0.717, 1.165) is 16.8 Å². The minimum atomic E-state index is -0.280. The Hall–Kier alpha value is -2.82. The number of ether oxygens (including phenoxy) is 1. The Labute approximate surface area is 142 Å². The van der Waals surface area contributed by atoms with Crippen molar-refractivity contribution >= 4 is 23.2 Å². The van der Waals surface area contributed by atoms with Gasteiger partial charge in [0, 0.05) is 12.6 Å². The number of carbonyl (C=O) groups excluding carboxylic acids is 2. The number of rotatable bonds is 5. The monoisotopic (exact) mass is 326 g/mol. The van der Waals surface area contributed by atoms with Gasteiger partial charge in [0.15, 0.2) is 0 Å². The van der Waals surface area contributed by atoms with E-state index in [4.69, 9.17) is 4.74 Å². The van der Waals surface area contributed by atoms with E-state index in [-0.39, 0.29) is 18.4 Å². The lowest BCUT2D eigenvalue weighted by Crippen LogP contribution is -2.37. The van der Waals surface area contributed by atoms with Crippen LogP contribution < -0.4 is 15.0 Å². The second-order valence-electron chi connectivity index (χ2n) is 5.64. The van der Waals surface area contributed by atoms with E-state index in [9.17, 15) is 9.59 Å². The van der Waals surface area contributed by atoms with E-state index in [2.05, 4.69) is 5.32 Å². The minimum absolute atomic E-state index is 0.0583. The molecule has 0 aliphatic heterocycles. The third-order valence-electron chi connectivity index (χ3n) is 3.72. The van der Waals surface area contributed by atoms with Gasteiger partial charge in [0.05, 0.1) is 12.8 Å². The zero-order valence-electron chi connectivity index (χ0n) is 14.4. The second kappa shape index (κ2) is 7.64. The molecule has 0 heterocycles. The van der Waals surface area contributed by atoms with Gasteiger partial charge in [0.25, 0.3) is 0 Å². The first kappa shape index (κ1) is 17.5. The fourth-order valence-electron chi connectivity index (χ4n) is 2.49. The number of nitrogens with one attached hydrogen (secondary N) is 1. The fraction of sp³-hybridized carbons (Fsp3) is 0.263. The van der Waals surface area contributed by atoms with Crippen molar-refractivity contribution in [2.75, 3.05) is 23.9 Å². The molecule has 1 N–H and O–H groups in total. The van der Waals surface area contributed by atoms with Gasteiger partial charge in [-0.15, -0.1) is 0 Å². The molecule has 0 radical (unpaired) electrons. The Balaban J connectivity index is 2.19. The van der Waals surface area contributed by atoms with Crippen molar-refractivity contribution in [2.45, 2.75) is 20.8 Å². The predicted molar refractivity (Wildman–Crippen MR) is 95.6 cm³/mol. The van der Waals surface area contributed by atoms with E-state index >= 15 is 0 Å². The molecule has 0 spiro atoms. The van der Waals surface area contributed by atoms with Crippen LogP contribution in [0, 0.1) is 13.8 Å². The number of benzene rings is 2. The Morgan fingerprint density at radius 1 is 1.12 bits per heavy atom. The molecule has 24 heavy (non-hydrogen) atoms. The maximum absolute atomic E-state index is 12.4. The van der Waals surface area contributed by atoms with Gasteiger partial charge in [-0.25, -0.2) is 0 Å². The normalized spacial score (nSPS) is 10.2. The molecule has 5 heteroatoms. The molecule has 2 aromatic rings. The SMILES string of the molecule is COc1ccc(C)cc1NC(=O)CN(C(C)=O)c1ccccc1C. The van der Waals surface area contributed by atoms with Crippen molar-refractivity contribution in [1.82, 2.24) is 0 Å². The van der Waals surface area contributed by atoms with E-state index in [1.54, 1.807) is 13.2 Å². The molecule has 0 fully saturated rings. The number of amides is 2. The van der Waals surface area contributed by atoms with Gasteiger partial charge in [-0.3, -0.25) is 9.59 Å². The zero-order chi connectivity index (χ0) is 17.7. The largest absolute Gasteiger partial charge is 0.495 e. The quantitative estimate of drug-likeness (QED) is 0.917. The molecule has 0 aliphatic rings. The van der Waals surface area contributed by atoms with E-state index in [1.807, 2.05) is 50.2 Å². The summed E-state index contributed by atoms with van der Waals surface area (Å²) >= 11 is 0. The Morgan fingerprint density at radius 3 is 2.46 bits per heavy atom. The van der Waals surface area contributed by atoms with Crippen molar-refractivity contribution in [2.24, 2.45) is 0 Å². The van der Waals surface area contributed by atoms with Crippen LogP contribution in [0.25, 0.3) is 0 Å². The van der Waals surface area contributed by atoms with Gasteiger partial charge < -0.3 is 15.0 Å². The number of carbonyl (C=O) groups is 2. The van der Waals surface area contributed by atoms with Crippen molar-refractivity contribution < 1.29 is 14.3 Å². The summed E-state index contributed by atoms with van der Waals surface area (Å²) in [6, 6.07) is 13.0. The maximum Gasteiger partial charge on any atom is 0.244 e. The molecule has 5 nitrogen and oxygen atoms in total. The summed E-state index contributed by atoms with van der Waals surface area (Å²) in [4.78, 5) is 25.9. The molecular formula is C19H22N2O3. The molecule has 2 aromatic carbocycles. The molecule has 0 atom stereocenters. The average molecular weight is 326 g/mol. The number of hydrogen-bond donors (Lipinski definition) is 1. The highest BCUT2D eigenvalue weighted by molar-refractivity contribution is 6.02. The first-order valence-electron chi connectivity index (χ1n) is 7.70. The third kappa shape index (κ3) is 4.13. The molecule has 2 rings (SSSR count). The highest BCUT2D eigenvalue weighted by atomic mass is 16.5. The summed E-state index contributed by atoms with van der Waals surface area (Å²) in [6.07, 6.45) is 0. The Kier molecular flexibility index (Phi) is 5.58. The molecular weight excluding hydrogens is 304 g/mol. The van der Waals surface area contributed by atoms with Crippen LogP contribution >= 0.6 is 0 Å². The Morgan fingerprint density at radius 2 is 1.83 bits per heavy atom. The highest BCUT2D eigenvalue weighted by Gasteiger charge is 2.18. The Bertz CT molecular complexity index is 756. The summed E-state index contributed by atoms with van der Waals surface area (Å²) in [6.45, 7) is 5.24. The predicted octanol–water partition coefficient (Wildman–Crippen LogP) is 3.30. The molecule has 0 saturated heterocycles. The molecule has 0 aliphatic carbocycles. The van der Waals surface area contributed by atoms with Crippen LogP contribution in [0.3, 0.4) is 0 Å². The number of nitrogens with zero attached hydrogens (tertiary/aromatic N) is 1. The first-order valence-corrected chi connectivity index (χ1v) is 7.70. The van der Waals surface area contributed by atoms with Gasteiger partial charge in [0.2, 0.25) is 11.8 Å². The van der Waals surface area contributed by atoms with Crippen LogP contribution in [-0.2, 0) is 9.59 Å². The topological polar surface area (TPSA) is 58.6 Å². The van der Waals surface area contributed by atoms with Crippen molar-refractivity contribution in [3.63, 3.8) is 0 Å². The summed E-state index contributed by atoms with van der Waals surface area (Å²) in [5.41, 5.74) is 3.27. The van der Waals surface area contributed by atoms with Crippen LogP contribution in [-0.4, -0.2) is 25.5 Å². The first-order chi connectivity index (χ1) is 11.4. The molecule has 126 valence electrons. The van der Waals surface area contributed by atoms with Crippen molar-refractivity contribution in [1.29, 1.82) is 0 Å². The van der Waals surface area contributed by atoms with Crippen LogP contribution in [0.15, 0.2) is 42.5 Å². The number of aryl methyl sites for hydroxylation is 2. The van der Waals surface area contributed by atoms with Crippen LogP contribution in [0.5, 0.6) is 5.75 Å². The molecule has 0 saturated carbocycles. The van der Waals surface area contributed by atoms with Gasteiger partial charge in [-0.1, -0.05) is 24.3 Å². The lowest BCUT2D eigenvalue weighted by Gasteiger charge is -2.22. The number of hydrogen-bond acceptors (Lipinski definition) is 3.